The molecule has 0 saturated carbocycles. The Hall–Kier alpha value is -0.500. The lowest BCUT2D eigenvalue weighted by Gasteiger charge is -1.93. The Morgan fingerprint density at radius 2 is 2.62 bits per heavy atom. The Labute approximate surface area is 48.4 Å². The van der Waals surface area contributed by atoms with E-state index in [1.54, 1.807) is 0 Å². The zero-order valence-electron chi connectivity index (χ0n) is 4.16. The van der Waals surface area contributed by atoms with Gasteiger partial charge in [-0.2, -0.15) is 10.00 Å². The fourth-order valence-electron chi connectivity index (χ4n) is 0.436. The van der Waals surface area contributed by atoms with Crippen molar-refractivity contribution in [3.63, 3.8) is 0 Å². The predicted molar refractivity (Wildman–Crippen MR) is 31.0 cm³/mol. The summed E-state index contributed by atoms with van der Waals surface area (Å²) < 4.78 is 0. The second-order valence-electron chi connectivity index (χ2n) is 1.50. The number of carbonyl (C=O) groups is 1. The Balaban J connectivity index is 2.48. The molecule has 2 atom stereocenters. The van der Waals surface area contributed by atoms with Crippen LogP contribution in [0.2, 0.25) is 0 Å². The molecule has 0 spiro atoms. The van der Waals surface area contributed by atoms with Crippen molar-refractivity contribution in [3.05, 3.63) is 0 Å². The van der Waals surface area contributed by atoms with Gasteiger partial charge >= 0.3 is 0 Å². The van der Waals surface area contributed by atoms with Crippen molar-refractivity contribution in [1.82, 2.24) is 0 Å². The number of rotatable bonds is 1. The maximum absolute atomic E-state index is 10.3. The molecule has 44 valence electrons. The van der Waals surface area contributed by atoms with Crippen molar-refractivity contribution in [2.45, 2.75) is 6.04 Å². The third-order valence-corrected chi connectivity index (χ3v) is 1.71. The molecule has 8 heavy (non-hydrogen) atoms. The van der Waals surface area contributed by atoms with E-state index in [0.717, 1.165) is 6.16 Å². The van der Waals surface area contributed by atoms with Gasteiger partial charge < -0.3 is 5.73 Å². The van der Waals surface area contributed by atoms with E-state index in [2.05, 4.69) is 10.00 Å². The van der Waals surface area contributed by atoms with Crippen LogP contribution in [-0.4, -0.2) is 18.1 Å². The van der Waals surface area contributed by atoms with Crippen LogP contribution in [0, 0.1) is 0 Å². The molecule has 0 radical (unpaired) electrons. The first-order chi connectivity index (χ1) is 3.80. The minimum atomic E-state index is -0.362. The van der Waals surface area contributed by atoms with Crippen molar-refractivity contribution in [1.29, 1.82) is 0 Å². The second-order valence-corrected chi connectivity index (χ2v) is 2.42. The van der Waals surface area contributed by atoms with Crippen LogP contribution in [0.15, 0.2) is 10.00 Å². The fourth-order valence-corrected chi connectivity index (χ4v) is 1.19. The van der Waals surface area contributed by atoms with Crippen LogP contribution in [0.5, 0.6) is 0 Å². The summed E-state index contributed by atoms with van der Waals surface area (Å²) in [6.07, 6.45) is 0.718. The van der Waals surface area contributed by atoms with Gasteiger partial charge in [0.25, 0.3) is 0 Å². The van der Waals surface area contributed by atoms with E-state index < -0.39 is 0 Å². The van der Waals surface area contributed by atoms with Crippen molar-refractivity contribution in [2.24, 2.45) is 15.7 Å². The minimum Gasteiger partial charge on any atom is -0.368 e. The van der Waals surface area contributed by atoms with Crippen LogP contribution in [0.3, 0.4) is 0 Å². The Morgan fingerprint density at radius 3 is 2.88 bits per heavy atom. The highest BCUT2D eigenvalue weighted by atomic mass is 31.1. The lowest BCUT2D eigenvalue weighted by Crippen LogP contribution is -2.26. The van der Waals surface area contributed by atoms with E-state index in [1.807, 2.05) is 0 Å². The normalized spacial score (nSPS) is 29.2. The SMILES string of the molecule is NC(=O)C1CPN=N1. The molecule has 1 amide bonds. The molecule has 1 heterocycles. The topological polar surface area (TPSA) is 67.8 Å². The molecule has 1 aliphatic heterocycles. The molecule has 0 bridgehead atoms. The number of carbonyl (C=O) groups excluding carboxylic acids is 1. The molecule has 5 heteroatoms. The molecule has 0 aromatic heterocycles. The summed E-state index contributed by atoms with van der Waals surface area (Å²) in [5, 5.41) is 3.60. The summed E-state index contributed by atoms with van der Waals surface area (Å²) in [4.78, 5) is 13.9. The van der Waals surface area contributed by atoms with Gasteiger partial charge in [0.1, 0.15) is 0 Å². The molecule has 0 fully saturated rings. The van der Waals surface area contributed by atoms with Gasteiger partial charge in [0.15, 0.2) is 6.04 Å². The number of nitrogens with two attached hydrogens (primary N) is 1. The molecule has 1 rings (SSSR count). The van der Waals surface area contributed by atoms with Crippen molar-refractivity contribution in [3.8, 4) is 0 Å². The molecule has 2 N–H and O–H groups in total. The zero-order chi connectivity index (χ0) is 5.98. The Bertz CT molecular complexity index is 134. The van der Waals surface area contributed by atoms with Gasteiger partial charge in [0, 0.05) is 14.9 Å². The van der Waals surface area contributed by atoms with Gasteiger partial charge in [-0.15, -0.1) is 0 Å². The van der Waals surface area contributed by atoms with Gasteiger partial charge in [-0.1, -0.05) is 0 Å². The van der Waals surface area contributed by atoms with Gasteiger partial charge in [0.05, 0.1) is 0 Å². The molecule has 0 saturated heterocycles. The molecule has 4 nitrogen and oxygen atoms in total. The zero-order valence-corrected chi connectivity index (χ0v) is 5.16. The highest BCUT2D eigenvalue weighted by molar-refractivity contribution is 7.36. The standard InChI is InChI=1S/C3H6N3OP/c4-3(7)2-1-8-6-5-2/h2,8H,1H2,(H2,4,7). The second kappa shape index (κ2) is 2.18. The summed E-state index contributed by atoms with van der Waals surface area (Å²) in [5.41, 5.74) is 4.91. The van der Waals surface area contributed by atoms with Crippen molar-refractivity contribution >= 4 is 14.6 Å². The minimum absolute atomic E-state index is 0.326. The fraction of sp³-hybridized carbons (Fsp3) is 0.667. The molecule has 2 unspecified atom stereocenters. The first kappa shape index (κ1) is 5.63. The molecular formula is C3H6N3OP. The maximum Gasteiger partial charge on any atom is 0.244 e. The van der Waals surface area contributed by atoms with Crippen LogP contribution >= 0.6 is 8.73 Å². The van der Waals surface area contributed by atoms with Gasteiger partial charge in [-0.25, -0.2) is 0 Å². The molecule has 0 aromatic carbocycles. The number of nitrogens with zero attached hydrogens (tertiary/aromatic N) is 2. The van der Waals surface area contributed by atoms with Crippen LogP contribution in [0.25, 0.3) is 0 Å². The monoisotopic (exact) mass is 131 g/mol. The Kier molecular flexibility index (Phi) is 1.53. The van der Waals surface area contributed by atoms with Gasteiger partial charge in [-0.05, 0) is 0 Å². The number of hydrogen-bond acceptors (Lipinski definition) is 3. The van der Waals surface area contributed by atoms with Crippen LogP contribution < -0.4 is 5.73 Å². The lowest BCUT2D eigenvalue weighted by atomic mass is 10.3. The van der Waals surface area contributed by atoms with Crippen molar-refractivity contribution in [2.75, 3.05) is 6.16 Å². The smallest absolute Gasteiger partial charge is 0.244 e. The maximum atomic E-state index is 10.3. The summed E-state index contributed by atoms with van der Waals surface area (Å²) in [6, 6.07) is -0.326. The lowest BCUT2D eigenvalue weighted by molar-refractivity contribution is -0.118. The van der Waals surface area contributed by atoms with E-state index in [1.165, 1.54) is 0 Å². The largest absolute Gasteiger partial charge is 0.368 e. The van der Waals surface area contributed by atoms with E-state index in [0.29, 0.717) is 8.73 Å². The van der Waals surface area contributed by atoms with Gasteiger partial charge in [0.2, 0.25) is 5.91 Å². The average molecular weight is 131 g/mol. The molecule has 0 aromatic rings. The van der Waals surface area contributed by atoms with E-state index in [9.17, 15) is 4.79 Å². The third-order valence-electron chi connectivity index (χ3n) is 0.881. The number of amides is 1. The van der Waals surface area contributed by atoms with Gasteiger partial charge in [-0.3, -0.25) is 4.79 Å². The van der Waals surface area contributed by atoms with E-state index in [-0.39, 0.29) is 11.9 Å². The quantitative estimate of drug-likeness (QED) is 0.496. The Morgan fingerprint density at radius 1 is 1.88 bits per heavy atom. The third kappa shape index (κ3) is 1.01. The van der Waals surface area contributed by atoms with Crippen LogP contribution in [0.1, 0.15) is 0 Å². The number of hydrogen-bond donors (Lipinski definition) is 1. The summed E-state index contributed by atoms with van der Waals surface area (Å²) in [5.74, 6) is -0.362. The predicted octanol–water partition coefficient (Wildman–Crippen LogP) is -0.100. The average Bonchev–Trinajstić information content (AvgIpc) is 2.12. The molecular weight excluding hydrogens is 125 g/mol. The highest BCUT2D eigenvalue weighted by Crippen LogP contribution is 2.22. The van der Waals surface area contributed by atoms with Crippen molar-refractivity contribution < 1.29 is 4.79 Å². The van der Waals surface area contributed by atoms with E-state index in [4.69, 9.17) is 5.73 Å². The van der Waals surface area contributed by atoms with Crippen LogP contribution in [-0.2, 0) is 4.79 Å². The summed E-state index contributed by atoms with van der Waals surface area (Å²) in [7, 11) is 0.439. The highest BCUT2D eigenvalue weighted by Gasteiger charge is 2.17. The molecule has 1 aliphatic rings. The number of primary amides is 1. The first-order valence-electron chi connectivity index (χ1n) is 2.23. The first-order valence-corrected chi connectivity index (χ1v) is 3.38. The van der Waals surface area contributed by atoms with Crippen LogP contribution in [0.4, 0.5) is 0 Å². The molecule has 0 aliphatic carbocycles. The summed E-state index contributed by atoms with van der Waals surface area (Å²) >= 11 is 0. The van der Waals surface area contributed by atoms with E-state index >= 15 is 0 Å². The summed E-state index contributed by atoms with van der Waals surface area (Å²) in [6.45, 7) is 0.